The zero-order valence-corrected chi connectivity index (χ0v) is 26.3. The maximum atomic E-state index is 12.8. The summed E-state index contributed by atoms with van der Waals surface area (Å²) in [6, 6.07) is 7.10. The Kier molecular flexibility index (Phi) is 11.1. The summed E-state index contributed by atoms with van der Waals surface area (Å²) in [5, 5.41) is 10.2. The summed E-state index contributed by atoms with van der Waals surface area (Å²) in [6.07, 6.45) is 2.29. The van der Waals surface area contributed by atoms with E-state index in [1.807, 2.05) is 32.0 Å². The number of likely N-dealkylation sites (N-methyl/N-ethyl adjacent to an activating group) is 1. The molecule has 1 aliphatic heterocycles. The molecule has 42 heavy (non-hydrogen) atoms. The van der Waals surface area contributed by atoms with E-state index in [-0.39, 0.29) is 17.9 Å². The first kappa shape index (κ1) is 31.6. The van der Waals surface area contributed by atoms with Gasteiger partial charge in [-0.15, -0.1) is 0 Å². The molecule has 1 aliphatic rings. The third kappa shape index (κ3) is 8.60. The minimum Gasteiger partial charge on any atom is -0.463 e. The number of benzene rings is 1. The van der Waals surface area contributed by atoms with Gasteiger partial charge in [0.1, 0.15) is 35.0 Å². The number of halogens is 1. The number of hydrogen-bond donors (Lipinski definition) is 3. The average molecular weight is 615 g/mol. The average Bonchev–Trinajstić information content (AvgIpc) is 3.42. The number of esters is 1. The normalized spacial score (nSPS) is 14.6. The molecule has 0 radical (unpaired) electrons. The number of amides is 1. The van der Waals surface area contributed by atoms with Crippen LogP contribution in [0.2, 0.25) is 5.02 Å². The van der Waals surface area contributed by atoms with E-state index in [1.165, 1.54) is 17.5 Å². The van der Waals surface area contributed by atoms with Gasteiger partial charge in [-0.05, 0) is 44.9 Å². The number of anilines is 4. The molecule has 1 aromatic carbocycles. The standard InChI is InChI=1S/C29H39ClN8O3S/c1-18(2)15-22(31-5)28(40)41-14-13-37-9-11-38(12-10-37)25-16-24(33-20(4)34-25)35-29-32-17-23(42-29)27(39)36-26-19(3)7-6-8-21(26)30/h6-8,16-18,22,31H,9-15H2,1-5H3,(H,36,39)(H,32,33,34,35)/t22-/m0/s1. The van der Waals surface area contributed by atoms with Crippen molar-refractivity contribution in [3.8, 4) is 0 Å². The molecule has 0 spiro atoms. The monoisotopic (exact) mass is 614 g/mol. The fourth-order valence-corrected chi connectivity index (χ4v) is 5.66. The Labute approximate surface area is 256 Å². The molecule has 3 heterocycles. The number of nitrogens with one attached hydrogen (secondary N) is 3. The van der Waals surface area contributed by atoms with Crippen LogP contribution in [-0.4, -0.2) is 84.1 Å². The van der Waals surface area contributed by atoms with Gasteiger partial charge in [0.25, 0.3) is 5.91 Å². The lowest BCUT2D eigenvalue weighted by molar-refractivity contribution is -0.146. The van der Waals surface area contributed by atoms with Crippen molar-refractivity contribution in [2.45, 2.75) is 40.2 Å². The maximum Gasteiger partial charge on any atom is 0.323 e. The van der Waals surface area contributed by atoms with Crippen molar-refractivity contribution < 1.29 is 14.3 Å². The van der Waals surface area contributed by atoms with Gasteiger partial charge >= 0.3 is 5.97 Å². The number of hydrogen-bond acceptors (Lipinski definition) is 11. The van der Waals surface area contributed by atoms with E-state index >= 15 is 0 Å². The first-order valence-corrected chi connectivity index (χ1v) is 15.3. The zero-order chi connectivity index (χ0) is 30.2. The number of ether oxygens (including phenoxy) is 1. The Hall–Kier alpha value is -3.32. The van der Waals surface area contributed by atoms with E-state index in [0.717, 1.165) is 44.0 Å². The summed E-state index contributed by atoms with van der Waals surface area (Å²) >= 11 is 7.49. The number of aromatic nitrogens is 3. The molecule has 0 aliphatic carbocycles. The number of para-hydroxylation sites is 1. The van der Waals surface area contributed by atoms with Crippen molar-refractivity contribution in [3.63, 3.8) is 0 Å². The van der Waals surface area contributed by atoms with Gasteiger partial charge in [0.05, 0.1) is 16.9 Å². The second-order valence-corrected chi connectivity index (χ2v) is 12.1. The minimum atomic E-state index is -0.277. The molecule has 3 aromatic rings. The highest BCUT2D eigenvalue weighted by Gasteiger charge is 2.22. The van der Waals surface area contributed by atoms with E-state index in [0.29, 0.717) is 51.4 Å². The van der Waals surface area contributed by atoms with E-state index in [2.05, 4.69) is 54.5 Å². The van der Waals surface area contributed by atoms with Crippen LogP contribution in [-0.2, 0) is 9.53 Å². The zero-order valence-electron chi connectivity index (χ0n) is 24.7. The van der Waals surface area contributed by atoms with Crippen LogP contribution in [0.15, 0.2) is 30.5 Å². The lowest BCUT2D eigenvalue weighted by Crippen LogP contribution is -2.48. The smallest absolute Gasteiger partial charge is 0.323 e. The molecule has 3 N–H and O–H groups in total. The van der Waals surface area contributed by atoms with Crippen LogP contribution < -0.4 is 20.9 Å². The summed E-state index contributed by atoms with van der Waals surface area (Å²) in [7, 11) is 1.79. The Bertz CT molecular complexity index is 1360. The summed E-state index contributed by atoms with van der Waals surface area (Å²) in [6.45, 7) is 12.3. The number of carbonyl (C=O) groups excluding carboxylic acids is 2. The number of nitrogens with zero attached hydrogens (tertiary/aromatic N) is 5. The van der Waals surface area contributed by atoms with Gasteiger partial charge in [0.2, 0.25) is 0 Å². The largest absolute Gasteiger partial charge is 0.463 e. The quantitative estimate of drug-likeness (QED) is 0.251. The molecule has 1 atom stereocenters. The molecule has 4 rings (SSSR count). The van der Waals surface area contributed by atoms with Gasteiger partial charge < -0.3 is 25.6 Å². The van der Waals surface area contributed by atoms with E-state index in [4.69, 9.17) is 16.3 Å². The number of rotatable bonds is 12. The van der Waals surface area contributed by atoms with Gasteiger partial charge in [-0.25, -0.2) is 15.0 Å². The molecular weight excluding hydrogens is 576 g/mol. The lowest BCUT2D eigenvalue weighted by Gasteiger charge is -2.35. The number of carbonyl (C=O) groups is 2. The van der Waals surface area contributed by atoms with Crippen LogP contribution >= 0.6 is 22.9 Å². The van der Waals surface area contributed by atoms with Crippen molar-refractivity contribution >= 4 is 57.3 Å². The highest BCUT2D eigenvalue weighted by atomic mass is 35.5. The SMILES string of the molecule is CN[C@@H](CC(C)C)C(=O)OCCN1CCN(c2cc(Nc3ncc(C(=O)Nc4c(C)cccc4Cl)s3)nc(C)n2)CC1. The predicted molar refractivity (Wildman–Crippen MR) is 168 cm³/mol. The van der Waals surface area contributed by atoms with Crippen LogP contribution in [0.3, 0.4) is 0 Å². The molecule has 13 heteroatoms. The van der Waals surface area contributed by atoms with Crippen molar-refractivity contribution in [1.82, 2.24) is 25.2 Å². The minimum absolute atomic E-state index is 0.190. The summed E-state index contributed by atoms with van der Waals surface area (Å²) in [5.74, 6) is 2.01. The Balaban J connectivity index is 1.29. The number of thiazole rings is 1. The van der Waals surface area contributed by atoms with Crippen molar-refractivity contribution in [2.75, 3.05) is 61.9 Å². The summed E-state index contributed by atoms with van der Waals surface area (Å²) in [4.78, 5) is 43.7. The molecule has 1 amide bonds. The van der Waals surface area contributed by atoms with E-state index < -0.39 is 0 Å². The Morgan fingerprint density at radius 1 is 1.14 bits per heavy atom. The lowest BCUT2D eigenvalue weighted by atomic mass is 10.0. The van der Waals surface area contributed by atoms with E-state index in [1.54, 1.807) is 13.1 Å². The second-order valence-electron chi connectivity index (χ2n) is 10.7. The number of aryl methyl sites for hydroxylation is 2. The highest BCUT2D eigenvalue weighted by molar-refractivity contribution is 7.17. The topological polar surface area (TPSA) is 125 Å². The van der Waals surface area contributed by atoms with Crippen LogP contribution in [0, 0.1) is 19.8 Å². The molecule has 1 saturated heterocycles. The van der Waals surface area contributed by atoms with Gasteiger partial charge in [-0.1, -0.05) is 48.9 Å². The number of piperazine rings is 1. The van der Waals surface area contributed by atoms with Crippen molar-refractivity contribution in [2.24, 2.45) is 5.92 Å². The molecule has 0 bridgehead atoms. The Morgan fingerprint density at radius 2 is 1.90 bits per heavy atom. The highest BCUT2D eigenvalue weighted by Crippen LogP contribution is 2.28. The van der Waals surface area contributed by atoms with Gasteiger partial charge in [-0.2, -0.15) is 0 Å². The molecule has 2 aromatic heterocycles. The second kappa shape index (κ2) is 14.7. The molecule has 0 saturated carbocycles. The van der Waals surface area contributed by atoms with Crippen LogP contribution in [0.4, 0.5) is 22.5 Å². The maximum absolute atomic E-state index is 12.8. The predicted octanol–water partition coefficient (Wildman–Crippen LogP) is 4.50. The van der Waals surface area contributed by atoms with Gasteiger partial charge in [0.15, 0.2) is 5.13 Å². The van der Waals surface area contributed by atoms with E-state index in [9.17, 15) is 9.59 Å². The molecule has 226 valence electrons. The molecule has 1 fully saturated rings. The first-order valence-electron chi connectivity index (χ1n) is 14.1. The summed E-state index contributed by atoms with van der Waals surface area (Å²) in [5.41, 5.74) is 1.47. The van der Waals surface area contributed by atoms with Crippen LogP contribution in [0.25, 0.3) is 0 Å². The van der Waals surface area contributed by atoms with Crippen LogP contribution in [0.1, 0.15) is 41.3 Å². The van der Waals surface area contributed by atoms with Crippen molar-refractivity contribution in [1.29, 1.82) is 0 Å². The third-order valence-electron chi connectivity index (χ3n) is 6.94. The molecule has 11 nitrogen and oxygen atoms in total. The summed E-state index contributed by atoms with van der Waals surface area (Å²) < 4.78 is 5.53. The third-order valence-corrected chi connectivity index (χ3v) is 8.16. The fourth-order valence-electron chi connectivity index (χ4n) is 4.67. The van der Waals surface area contributed by atoms with Gasteiger partial charge in [-0.3, -0.25) is 14.5 Å². The van der Waals surface area contributed by atoms with Gasteiger partial charge in [0, 0.05) is 38.8 Å². The fraction of sp³-hybridized carbons (Fsp3) is 0.483. The first-order chi connectivity index (χ1) is 20.1. The molecule has 0 unspecified atom stereocenters. The van der Waals surface area contributed by atoms with Crippen LogP contribution in [0.5, 0.6) is 0 Å². The Morgan fingerprint density at radius 3 is 2.60 bits per heavy atom. The van der Waals surface area contributed by atoms with Crippen molar-refractivity contribution in [3.05, 3.63) is 51.7 Å². The molecular formula is C29H39ClN8O3S.